The zero-order valence-corrected chi connectivity index (χ0v) is 19.3. The summed E-state index contributed by atoms with van der Waals surface area (Å²) in [6.07, 6.45) is 4.59. The highest BCUT2D eigenvalue weighted by Gasteiger charge is 2.28. The summed E-state index contributed by atoms with van der Waals surface area (Å²) in [6.45, 7) is 2.46. The van der Waals surface area contributed by atoms with Crippen LogP contribution >= 0.6 is 22.9 Å². The van der Waals surface area contributed by atoms with E-state index in [1.165, 1.54) is 11.3 Å². The zero-order chi connectivity index (χ0) is 22.5. The number of carbonyl (C=O) groups is 2. The summed E-state index contributed by atoms with van der Waals surface area (Å²) >= 11 is 7.41. The van der Waals surface area contributed by atoms with Crippen LogP contribution in [0.4, 0.5) is 5.00 Å². The van der Waals surface area contributed by atoms with Crippen molar-refractivity contribution in [2.75, 3.05) is 11.9 Å². The van der Waals surface area contributed by atoms with Crippen LogP contribution in [-0.4, -0.2) is 18.5 Å². The Kier molecular flexibility index (Phi) is 7.17. The molecule has 1 aromatic carbocycles. The molecule has 0 saturated carbocycles. The molecule has 32 heavy (non-hydrogen) atoms. The van der Waals surface area contributed by atoms with E-state index in [9.17, 15) is 9.59 Å². The van der Waals surface area contributed by atoms with Gasteiger partial charge in [-0.25, -0.2) is 4.79 Å². The Morgan fingerprint density at radius 1 is 1.19 bits per heavy atom. The van der Waals surface area contributed by atoms with Crippen LogP contribution in [0.3, 0.4) is 0 Å². The van der Waals surface area contributed by atoms with Gasteiger partial charge in [-0.3, -0.25) is 4.79 Å². The summed E-state index contributed by atoms with van der Waals surface area (Å²) in [4.78, 5) is 26.7. The number of halogens is 1. The Balaban J connectivity index is 1.47. The third kappa shape index (κ3) is 5.16. The number of nitrogens with one attached hydrogen (secondary N) is 1. The van der Waals surface area contributed by atoms with E-state index in [4.69, 9.17) is 25.5 Å². The summed E-state index contributed by atoms with van der Waals surface area (Å²) in [5.74, 6) is 0.468. The van der Waals surface area contributed by atoms with Crippen molar-refractivity contribution in [3.05, 3.63) is 68.9 Å². The molecule has 0 fully saturated rings. The number of amides is 1. The van der Waals surface area contributed by atoms with Crippen LogP contribution in [0.15, 0.2) is 40.8 Å². The Morgan fingerprint density at radius 3 is 2.84 bits per heavy atom. The molecule has 0 aliphatic heterocycles. The van der Waals surface area contributed by atoms with Gasteiger partial charge in [0.2, 0.25) is 0 Å². The summed E-state index contributed by atoms with van der Waals surface area (Å²) < 4.78 is 16.7. The number of carbonyl (C=O) groups excluding carboxylic acids is 2. The van der Waals surface area contributed by atoms with Crippen LogP contribution in [0.5, 0.6) is 5.75 Å². The Bertz CT molecular complexity index is 1120. The Morgan fingerprint density at radius 2 is 2.03 bits per heavy atom. The molecule has 0 radical (unpaired) electrons. The number of furan rings is 1. The number of fused-ring (bicyclic) bond motifs is 1. The first-order valence-corrected chi connectivity index (χ1v) is 11.8. The predicted molar refractivity (Wildman–Crippen MR) is 124 cm³/mol. The van der Waals surface area contributed by atoms with Crippen LogP contribution in [0.1, 0.15) is 63.3 Å². The van der Waals surface area contributed by atoms with Gasteiger partial charge in [-0.1, -0.05) is 24.6 Å². The molecule has 1 N–H and O–H groups in total. The molecule has 8 heteroatoms. The molecule has 2 heterocycles. The molecule has 2 aromatic heterocycles. The average molecular weight is 474 g/mol. The van der Waals surface area contributed by atoms with Crippen molar-refractivity contribution in [2.24, 2.45) is 0 Å². The smallest absolute Gasteiger partial charge is 0.341 e. The van der Waals surface area contributed by atoms with Gasteiger partial charge in [0.1, 0.15) is 23.1 Å². The van der Waals surface area contributed by atoms with Gasteiger partial charge in [-0.2, -0.15) is 0 Å². The fourth-order valence-corrected chi connectivity index (χ4v) is 5.04. The number of ether oxygens (including phenoxy) is 2. The van der Waals surface area contributed by atoms with E-state index >= 15 is 0 Å². The van der Waals surface area contributed by atoms with Gasteiger partial charge in [0.25, 0.3) is 5.91 Å². The minimum absolute atomic E-state index is 0.147. The summed E-state index contributed by atoms with van der Waals surface area (Å²) in [5, 5.41) is 3.96. The van der Waals surface area contributed by atoms with E-state index in [0.717, 1.165) is 42.5 Å². The van der Waals surface area contributed by atoms with E-state index in [0.29, 0.717) is 33.7 Å². The molecule has 1 amide bonds. The van der Waals surface area contributed by atoms with Crippen molar-refractivity contribution in [1.29, 1.82) is 0 Å². The van der Waals surface area contributed by atoms with Crippen LogP contribution < -0.4 is 10.1 Å². The van der Waals surface area contributed by atoms with Crippen LogP contribution in [0, 0.1) is 0 Å². The monoisotopic (exact) mass is 473 g/mol. The molecule has 0 saturated heterocycles. The lowest BCUT2D eigenvalue weighted by molar-refractivity contribution is 0.0505. The van der Waals surface area contributed by atoms with Gasteiger partial charge in [0.15, 0.2) is 5.76 Å². The van der Waals surface area contributed by atoms with Crippen molar-refractivity contribution in [1.82, 2.24) is 0 Å². The highest BCUT2D eigenvalue weighted by molar-refractivity contribution is 7.17. The fourth-order valence-electron chi connectivity index (χ4n) is 3.59. The van der Waals surface area contributed by atoms with Gasteiger partial charge >= 0.3 is 5.97 Å². The van der Waals surface area contributed by atoms with Crippen molar-refractivity contribution in [3.63, 3.8) is 0 Å². The molecule has 0 spiro atoms. The summed E-state index contributed by atoms with van der Waals surface area (Å²) in [7, 11) is 0. The first kappa shape index (κ1) is 22.4. The Labute approximate surface area is 195 Å². The van der Waals surface area contributed by atoms with Crippen LogP contribution in [0.2, 0.25) is 5.02 Å². The average Bonchev–Trinajstić information content (AvgIpc) is 3.40. The van der Waals surface area contributed by atoms with Crippen LogP contribution in [0.25, 0.3) is 0 Å². The molecule has 168 valence electrons. The van der Waals surface area contributed by atoms with Crippen molar-refractivity contribution in [3.8, 4) is 5.75 Å². The molecule has 0 bridgehead atoms. The lowest BCUT2D eigenvalue weighted by Crippen LogP contribution is -2.15. The standard InChI is InChI=1S/C24H24ClNO5S/c1-2-12-29-24(28)21-18-8-3-4-9-20(18)32-23(21)26-22(27)19-11-10-17(31-19)14-30-16-7-5-6-15(25)13-16/h5-7,10-11,13H,2-4,8-9,12,14H2,1H3,(H,26,27). The molecule has 6 nitrogen and oxygen atoms in total. The molecular weight excluding hydrogens is 450 g/mol. The summed E-state index contributed by atoms with van der Waals surface area (Å²) in [5.41, 5.74) is 1.50. The fraction of sp³-hybridized carbons (Fsp3) is 0.333. The van der Waals surface area contributed by atoms with E-state index in [-0.39, 0.29) is 18.3 Å². The molecule has 1 aliphatic rings. The number of thiophene rings is 1. The number of anilines is 1. The lowest BCUT2D eigenvalue weighted by Gasteiger charge is -2.12. The minimum atomic E-state index is -0.415. The first-order valence-electron chi connectivity index (χ1n) is 10.6. The van der Waals surface area contributed by atoms with E-state index in [1.54, 1.807) is 36.4 Å². The van der Waals surface area contributed by atoms with E-state index in [1.807, 2.05) is 6.92 Å². The molecule has 1 aliphatic carbocycles. The van der Waals surface area contributed by atoms with Gasteiger partial charge in [0, 0.05) is 9.90 Å². The second-order valence-corrected chi connectivity index (χ2v) is 9.06. The molecule has 3 aromatic rings. The van der Waals surface area contributed by atoms with Gasteiger partial charge in [0.05, 0.1) is 12.2 Å². The lowest BCUT2D eigenvalue weighted by atomic mass is 9.95. The maximum Gasteiger partial charge on any atom is 0.341 e. The molecule has 0 atom stereocenters. The second kappa shape index (κ2) is 10.2. The van der Waals surface area contributed by atoms with Gasteiger partial charge in [-0.15, -0.1) is 11.3 Å². The molecular formula is C24H24ClNO5S. The normalized spacial score (nSPS) is 12.8. The number of hydrogen-bond donors (Lipinski definition) is 1. The number of esters is 1. The van der Waals surface area contributed by atoms with Gasteiger partial charge < -0.3 is 19.2 Å². The number of benzene rings is 1. The number of aryl methyl sites for hydroxylation is 1. The largest absolute Gasteiger partial charge is 0.486 e. The second-order valence-electron chi connectivity index (χ2n) is 7.52. The topological polar surface area (TPSA) is 77.8 Å². The van der Waals surface area contributed by atoms with E-state index < -0.39 is 5.91 Å². The highest BCUT2D eigenvalue weighted by atomic mass is 35.5. The van der Waals surface area contributed by atoms with E-state index in [2.05, 4.69) is 5.32 Å². The van der Waals surface area contributed by atoms with Crippen LogP contribution in [-0.2, 0) is 24.2 Å². The third-order valence-electron chi connectivity index (χ3n) is 5.10. The van der Waals surface area contributed by atoms with Crippen molar-refractivity contribution < 1.29 is 23.5 Å². The number of rotatable bonds is 8. The maximum absolute atomic E-state index is 12.8. The van der Waals surface area contributed by atoms with Gasteiger partial charge in [-0.05, 0) is 68.0 Å². The summed E-state index contributed by atoms with van der Waals surface area (Å²) in [6, 6.07) is 10.3. The molecule has 4 rings (SSSR count). The maximum atomic E-state index is 12.8. The zero-order valence-electron chi connectivity index (χ0n) is 17.7. The van der Waals surface area contributed by atoms with Crippen molar-refractivity contribution in [2.45, 2.75) is 45.6 Å². The highest BCUT2D eigenvalue weighted by Crippen LogP contribution is 2.39. The minimum Gasteiger partial charge on any atom is -0.486 e. The predicted octanol–water partition coefficient (Wildman–Crippen LogP) is 6.27. The van der Waals surface area contributed by atoms with Crippen molar-refractivity contribution >= 4 is 39.8 Å². The third-order valence-corrected chi connectivity index (χ3v) is 6.54. The molecule has 0 unspecified atom stereocenters. The number of hydrogen-bond acceptors (Lipinski definition) is 6. The first-order chi connectivity index (χ1) is 15.5. The SMILES string of the molecule is CCCOC(=O)c1c(NC(=O)c2ccc(COc3cccc(Cl)c3)o2)sc2c1CCCC2. The quantitative estimate of drug-likeness (QED) is 0.390. The Hall–Kier alpha value is -2.77.